The Kier molecular flexibility index (Phi) is 4.15. The number of carbonyl (C=O) groups is 2. The Morgan fingerprint density at radius 2 is 1.09 bits per heavy atom. The van der Waals surface area contributed by atoms with Crippen LogP contribution >= 0.6 is 0 Å². The first-order valence-corrected chi connectivity index (χ1v) is 11.6. The highest BCUT2D eigenvalue weighted by Gasteiger charge is 2.32. The fourth-order valence-corrected chi connectivity index (χ4v) is 5.25. The average Bonchev–Trinajstić information content (AvgIpc) is 3.36. The third kappa shape index (κ3) is 2.92. The molecule has 0 N–H and O–H groups in total. The molecule has 0 bridgehead atoms. The van der Waals surface area contributed by atoms with E-state index in [4.69, 9.17) is 0 Å². The molecule has 0 amide bonds. The molecule has 0 saturated carbocycles. The molecular formula is C32H19NO2. The predicted octanol–water partition coefficient (Wildman–Crippen LogP) is 7.40. The van der Waals surface area contributed by atoms with Crippen molar-refractivity contribution >= 4 is 50.2 Å². The van der Waals surface area contributed by atoms with Gasteiger partial charge in [0.25, 0.3) is 0 Å². The first kappa shape index (κ1) is 19.7. The summed E-state index contributed by atoms with van der Waals surface area (Å²) in [6.45, 7) is 0. The van der Waals surface area contributed by atoms with Gasteiger partial charge in [-0.05, 0) is 52.7 Å². The van der Waals surface area contributed by atoms with E-state index >= 15 is 0 Å². The number of allylic oxidation sites excluding steroid dienone is 1. The summed E-state index contributed by atoms with van der Waals surface area (Å²) in [5, 5.41) is 4.62. The van der Waals surface area contributed by atoms with Gasteiger partial charge in [0.2, 0.25) is 0 Å². The third-order valence-electron chi connectivity index (χ3n) is 6.90. The van der Waals surface area contributed by atoms with E-state index in [0.29, 0.717) is 11.1 Å². The maximum atomic E-state index is 12.8. The quantitative estimate of drug-likeness (QED) is 0.204. The van der Waals surface area contributed by atoms with Gasteiger partial charge in [0.15, 0.2) is 11.6 Å². The van der Waals surface area contributed by atoms with Crippen LogP contribution in [0.3, 0.4) is 0 Å². The maximum absolute atomic E-state index is 12.8. The zero-order chi connectivity index (χ0) is 23.5. The van der Waals surface area contributed by atoms with Gasteiger partial charge < -0.3 is 4.57 Å². The van der Waals surface area contributed by atoms with Crippen LogP contribution in [0.15, 0.2) is 115 Å². The van der Waals surface area contributed by atoms with Crippen LogP contribution in [0.2, 0.25) is 0 Å². The second-order valence-corrected chi connectivity index (χ2v) is 8.92. The molecule has 0 aliphatic heterocycles. The third-order valence-corrected chi connectivity index (χ3v) is 6.90. The van der Waals surface area contributed by atoms with Crippen LogP contribution in [0.1, 0.15) is 26.3 Å². The van der Waals surface area contributed by atoms with Gasteiger partial charge in [0, 0.05) is 27.6 Å². The van der Waals surface area contributed by atoms with E-state index in [0.717, 1.165) is 22.0 Å². The number of para-hydroxylation sites is 2. The summed E-state index contributed by atoms with van der Waals surface area (Å²) < 4.78 is 2.30. The first-order valence-electron chi connectivity index (χ1n) is 11.6. The molecule has 0 radical (unpaired) electrons. The standard InChI is InChI=1S/C32H19NO2/c34-31-26-9-1-2-10-27(26)32(35)28(31)18-20-13-14-22-19-23(16-15-21(22)17-20)33-29-11-5-3-7-24(29)25-8-4-6-12-30(25)33/h1-19H. The SMILES string of the molecule is O=C1C(=Cc2ccc3cc(-n4c5ccccc5c5ccccc54)ccc3c2)C(=O)c2ccccc21. The lowest BCUT2D eigenvalue weighted by molar-refractivity contribution is 0.0990. The van der Waals surface area contributed by atoms with Crippen molar-refractivity contribution in [3.8, 4) is 5.69 Å². The van der Waals surface area contributed by atoms with Gasteiger partial charge in [0.1, 0.15) is 0 Å². The van der Waals surface area contributed by atoms with E-state index in [1.165, 1.54) is 21.8 Å². The van der Waals surface area contributed by atoms with Gasteiger partial charge in [-0.1, -0.05) is 78.9 Å². The number of hydrogen-bond donors (Lipinski definition) is 0. The number of hydrogen-bond acceptors (Lipinski definition) is 2. The minimum atomic E-state index is -0.201. The van der Waals surface area contributed by atoms with Gasteiger partial charge in [0.05, 0.1) is 16.6 Å². The molecule has 164 valence electrons. The molecule has 35 heavy (non-hydrogen) atoms. The van der Waals surface area contributed by atoms with Crippen LogP contribution in [0.25, 0.3) is 44.3 Å². The molecule has 1 heterocycles. The Morgan fingerprint density at radius 3 is 1.74 bits per heavy atom. The minimum Gasteiger partial charge on any atom is -0.309 e. The highest BCUT2D eigenvalue weighted by Crippen LogP contribution is 2.33. The van der Waals surface area contributed by atoms with Crippen molar-refractivity contribution in [3.63, 3.8) is 0 Å². The lowest BCUT2D eigenvalue weighted by Gasteiger charge is -2.10. The number of fused-ring (bicyclic) bond motifs is 5. The molecule has 0 atom stereocenters. The summed E-state index contributed by atoms with van der Waals surface area (Å²) in [4.78, 5) is 25.5. The van der Waals surface area contributed by atoms with E-state index in [9.17, 15) is 9.59 Å². The number of Topliss-reactive ketones (excluding diaryl/α,β-unsaturated/α-hetero) is 2. The molecule has 0 saturated heterocycles. The lowest BCUT2D eigenvalue weighted by Crippen LogP contribution is -2.00. The average molecular weight is 450 g/mol. The highest BCUT2D eigenvalue weighted by molar-refractivity contribution is 6.41. The molecule has 5 aromatic carbocycles. The Morgan fingerprint density at radius 1 is 0.543 bits per heavy atom. The zero-order valence-corrected chi connectivity index (χ0v) is 18.7. The largest absolute Gasteiger partial charge is 0.309 e. The van der Waals surface area contributed by atoms with Crippen molar-refractivity contribution < 1.29 is 9.59 Å². The van der Waals surface area contributed by atoms with E-state index in [2.05, 4.69) is 77.4 Å². The smallest absolute Gasteiger partial charge is 0.197 e. The summed E-state index contributed by atoms with van der Waals surface area (Å²) in [7, 11) is 0. The second-order valence-electron chi connectivity index (χ2n) is 8.92. The molecule has 6 aromatic rings. The number of carbonyl (C=O) groups excluding carboxylic acids is 2. The van der Waals surface area contributed by atoms with Gasteiger partial charge in [-0.15, -0.1) is 0 Å². The summed E-state index contributed by atoms with van der Waals surface area (Å²) in [6, 6.07) is 36.4. The van der Waals surface area contributed by atoms with Crippen molar-refractivity contribution in [2.45, 2.75) is 0 Å². The second kappa shape index (κ2) is 7.37. The van der Waals surface area contributed by atoms with E-state index in [1.54, 1.807) is 30.3 Å². The number of nitrogens with zero attached hydrogens (tertiary/aromatic N) is 1. The van der Waals surface area contributed by atoms with Gasteiger partial charge in [-0.3, -0.25) is 9.59 Å². The fourth-order valence-electron chi connectivity index (χ4n) is 5.25. The van der Waals surface area contributed by atoms with Gasteiger partial charge in [-0.25, -0.2) is 0 Å². The summed E-state index contributed by atoms with van der Waals surface area (Å²) >= 11 is 0. The molecule has 3 heteroatoms. The first-order chi connectivity index (χ1) is 17.2. The number of benzene rings is 5. The van der Waals surface area contributed by atoms with Crippen molar-refractivity contribution in [1.82, 2.24) is 4.57 Å². The molecule has 1 aromatic heterocycles. The highest BCUT2D eigenvalue weighted by atomic mass is 16.2. The lowest BCUT2D eigenvalue weighted by atomic mass is 10.0. The fraction of sp³-hybridized carbons (Fsp3) is 0. The van der Waals surface area contributed by atoms with E-state index in [-0.39, 0.29) is 17.1 Å². The molecular weight excluding hydrogens is 430 g/mol. The molecule has 0 fully saturated rings. The van der Waals surface area contributed by atoms with Crippen LogP contribution in [0.4, 0.5) is 0 Å². The van der Waals surface area contributed by atoms with Crippen molar-refractivity contribution in [1.29, 1.82) is 0 Å². The van der Waals surface area contributed by atoms with Crippen molar-refractivity contribution in [2.75, 3.05) is 0 Å². The number of aromatic nitrogens is 1. The van der Waals surface area contributed by atoms with Gasteiger partial charge in [-0.2, -0.15) is 0 Å². The normalized spacial score (nSPS) is 13.2. The van der Waals surface area contributed by atoms with Crippen LogP contribution in [0, 0.1) is 0 Å². The van der Waals surface area contributed by atoms with E-state index in [1.807, 2.05) is 12.1 Å². The minimum absolute atomic E-state index is 0.201. The Hall–Kier alpha value is -4.76. The Labute approximate surface area is 201 Å². The monoisotopic (exact) mass is 449 g/mol. The molecule has 0 unspecified atom stereocenters. The number of ketones is 2. The molecule has 0 spiro atoms. The maximum Gasteiger partial charge on any atom is 0.197 e. The molecule has 3 nitrogen and oxygen atoms in total. The Balaban J connectivity index is 1.33. The summed E-state index contributed by atoms with van der Waals surface area (Å²) in [6.07, 6.45) is 1.71. The van der Waals surface area contributed by atoms with Crippen molar-refractivity contribution in [3.05, 3.63) is 131 Å². The predicted molar refractivity (Wildman–Crippen MR) is 141 cm³/mol. The van der Waals surface area contributed by atoms with Gasteiger partial charge >= 0.3 is 0 Å². The molecule has 1 aliphatic rings. The van der Waals surface area contributed by atoms with Crippen LogP contribution in [-0.2, 0) is 0 Å². The molecule has 1 aliphatic carbocycles. The Bertz CT molecular complexity index is 1800. The topological polar surface area (TPSA) is 39.1 Å². The van der Waals surface area contributed by atoms with E-state index < -0.39 is 0 Å². The van der Waals surface area contributed by atoms with Crippen molar-refractivity contribution in [2.24, 2.45) is 0 Å². The summed E-state index contributed by atoms with van der Waals surface area (Å²) in [5.74, 6) is -0.403. The van der Waals surface area contributed by atoms with Crippen LogP contribution in [-0.4, -0.2) is 16.1 Å². The molecule has 7 rings (SSSR count). The zero-order valence-electron chi connectivity index (χ0n) is 18.7. The van der Waals surface area contributed by atoms with Crippen LogP contribution in [0.5, 0.6) is 0 Å². The van der Waals surface area contributed by atoms with Crippen LogP contribution < -0.4 is 0 Å². The summed E-state index contributed by atoms with van der Waals surface area (Å²) in [5.41, 5.74) is 5.48. The number of rotatable bonds is 2.